The summed E-state index contributed by atoms with van der Waals surface area (Å²) in [5.41, 5.74) is -0.183. The van der Waals surface area contributed by atoms with Crippen LogP contribution in [-0.2, 0) is 4.74 Å². The molecule has 0 saturated carbocycles. The van der Waals surface area contributed by atoms with Gasteiger partial charge in [-0.05, 0) is 37.5 Å². The zero-order valence-corrected chi connectivity index (χ0v) is 12.4. The standard InChI is InChI=1S/C14H17BrFNO2/c1-2-14(5-7-19-8-6-14)17-13(18)11-4-3-10(15)9-12(11)16/h3-4,9H,2,5-8H2,1H3,(H,17,18). The van der Waals surface area contributed by atoms with Crippen molar-refractivity contribution in [3.8, 4) is 0 Å². The van der Waals surface area contributed by atoms with Crippen LogP contribution in [0.15, 0.2) is 22.7 Å². The van der Waals surface area contributed by atoms with Gasteiger partial charge in [0.15, 0.2) is 0 Å². The minimum absolute atomic E-state index is 0.0857. The molecule has 1 aromatic rings. The third-order valence-corrected chi connectivity index (χ3v) is 4.17. The van der Waals surface area contributed by atoms with Gasteiger partial charge in [-0.15, -0.1) is 0 Å². The maximum Gasteiger partial charge on any atom is 0.254 e. The van der Waals surface area contributed by atoms with E-state index >= 15 is 0 Å². The lowest BCUT2D eigenvalue weighted by atomic mass is 9.87. The van der Waals surface area contributed by atoms with Crippen molar-refractivity contribution in [2.75, 3.05) is 13.2 Å². The first-order valence-corrected chi connectivity index (χ1v) is 7.21. The molecule has 1 aliphatic rings. The number of amides is 1. The quantitative estimate of drug-likeness (QED) is 0.924. The number of hydrogen-bond acceptors (Lipinski definition) is 2. The molecule has 2 rings (SSSR count). The van der Waals surface area contributed by atoms with Crippen LogP contribution in [0.1, 0.15) is 36.5 Å². The fourth-order valence-electron chi connectivity index (χ4n) is 2.31. The molecule has 1 heterocycles. The molecule has 104 valence electrons. The minimum atomic E-state index is -0.509. The number of rotatable bonds is 3. The molecule has 1 N–H and O–H groups in total. The van der Waals surface area contributed by atoms with Gasteiger partial charge in [0.25, 0.3) is 5.91 Å². The van der Waals surface area contributed by atoms with Crippen molar-refractivity contribution in [2.24, 2.45) is 0 Å². The van der Waals surface area contributed by atoms with Gasteiger partial charge < -0.3 is 10.1 Å². The number of benzene rings is 1. The Morgan fingerprint density at radius 2 is 2.16 bits per heavy atom. The van der Waals surface area contributed by atoms with Crippen LogP contribution < -0.4 is 5.32 Å². The molecule has 1 saturated heterocycles. The summed E-state index contributed by atoms with van der Waals surface area (Å²) in [5, 5.41) is 2.98. The Labute approximate surface area is 120 Å². The van der Waals surface area contributed by atoms with E-state index in [0.717, 1.165) is 19.3 Å². The lowest BCUT2D eigenvalue weighted by molar-refractivity contribution is 0.0344. The van der Waals surface area contributed by atoms with Crippen molar-refractivity contribution in [1.82, 2.24) is 5.32 Å². The number of halogens is 2. The van der Waals surface area contributed by atoms with Gasteiger partial charge in [0.2, 0.25) is 0 Å². The minimum Gasteiger partial charge on any atom is -0.381 e. The Kier molecular flexibility index (Phi) is 4.58. The summed E-state index contributed by atoms with van der Waals surface area (Å²) < 4.78 is 19.7. The molecule has 1 aromatic carbocycles. The molecule has 19 heavy (non-hydrogen) atoms. The maximum atomic E-state index is 13.8. The Balaban J connectivity index is 2.15. The predicted octanol–water partition coefficient (Wildman–Crippen LogP) is 3.28. The Hall–Kier alpha value is -0.940. The van der Waals surface area contributed by atoms with Crippen molar-refractivity contribution < 1.29 is 13.9 Å². The highest BCUT2D eigenvalue weighted by molar-refractivity contribution is 9.10. The first kappa shape index (κ1) is 14.5. The molecule has 0 bridgehead atoms. The zero-order valence-electron chi connectivity index (χ0n) is 10.8. The molecule has 0 radical (unpaired) electrons. The van der Waals surface area contributed by atoms with E-state index < -0.39 is 5.82 Å². The van der Waals surface area contributed by atoms with E-state index in [1.54, 1.807) is 6.07 Å². The maximum absolute atomic E-state index is 13.8. The highest BCUT2D eigenvalue weighted by Crippen LogP contribution is 2.25. The van der Waals surface area contributed by atoms with Gasteiger partial charge in [0.1, 0.15) is 5.82 Å². The summed E-state index contributed by atoms with van der Waals surface area (Å²) in [4.78, 5) is 12.2. The zero-order chi connectivity index (χ0) is 13.9. The molecule has 0 aliphatic carbocycles. The number of carbonyl (C=O) groups excluding carboxylic acids is 1. The van der Waals surface area contributed by atoms with Crippen LogP contribution in [0.2, 0.25) is 0 Å². The topological polar surface area (TPSA) is 38.3 Å². The van der Waals surface area contributed by atoms with E-state index in [0.29, 0.717) is 17.7 Å². The molecule has 0 unspecified atom stereocenters. The molecule has 0 atom stereocenters. The summed E-state index contributed by atoms with van der Waals surface area (Å²) in [7, 11) is 0. The van der Waals surface area contributed by atoms with Gasteiger partial charge in [-0.3, -0.25) is 4.79 Å². The van der Waals surface area contributed by atoms with Gasteiger partial charge in [0, 0.05) is 23.2 Å². The molecule has 3 nitrogen and oxygen atoms in total. The molecule has 1 aliphatic heterocycles. The second kappa shape index (κ2) is 6.01. The van der Waals surface area contributed by atoms with Gasteiger partial charge >= 0.3 is 0 Å². The van der Waals surface area contributed by atoms with E-state index in [2.05, 4.69) is 21.2 Å². The Morgan fingerprint density at radius 3 is 2.74 bits per heavy atom. The SMILES string of the molecule is CCC1(NC(=O)c2ccc(Br)cc2F)CCOCC1. The van der Waals surface area contributed by atoms with Crippen LogP contribution in [0.3, 0.4) is 0 Å². The van der Waals surface area contributed by atoms with Crippen molar-refractivity contribution in [3.63, 3.8) is 0 Å². The molecular formula is C14H17BrFNO2. The van der Waals surface area contributed by atoms with E-state index in [-0.39, 0.29) is 17.0 Å². The highest BCUT2D eigenvalue weighted by atomic mass is 79.9. The van der Waals surface area contributed by atoms with E-state index in [4.69, 9.17) is 4.74 Å². The van der Waals surface area contributed by atoms with Crippen LogP contribution in [0.5, 0.6) is 0 Å². The Morgan fingerprint density at radius 1 is 1.47 bits per heavy atom. The second-order valence-corrected chi connectivity index (χ2v) is 5.74. The van der Waals surface area contributed by atoms with E-state index in [9.17, 15) is 9.18 Å². The predicted molar refractivity (Wildman–Crippen MR) is 74.6 cm³/mol. The lowest BCUT2D eigenvalue weighted by Crippen LogP contribution is -2.51. The van der Waals surface area contributed by atoms with E-state index in [1.165, 1.54) is 12.1 Å². The first-order chi connectivity index (χ1) is 9.06. The molecule has 0 spiro atoms. The third kappa shape index (κ3) is 3.34. The van der Waals surface area contributed by atoms with Gasteiger partial charge in [-0.25, -0.2) is 4.39 Å². The van der Waals surface area contributed by atoms with Gasteiger partial charge in [-0.1, -0.05) is 22.9 Å². The first-order valence-electron chi connectivity index (χ1n) is 6.42. The molecule has 1 amide bonds. The van der Waals surface area contributed by atoms with Crippen LogP contribution in [-0.4, -0.2) is 24.7 Å². The van der Waals surface area contributed by atoms with Crippen LogP contribution in [0, 0.1) is 5.82 Å². The van der Waals surface area contributed by atoms with Gasteiger partial charge in [-0.2, -0.15) is 0 Å². The monoisotopic (exact) mass is 329 g/mol. The molecular weight excluding hydrogens is 313 g/mol. The lowest BCUT2D eigenvalue weighted by Gasteiger charge is -2.37. The summed E-state index contributed by atoms with van der Waals surface area (Å²) in [6, 6.07) is 4.47. The summed E-state index contributed by atoms with van der Waals surface area (Å²) >= 11 is 3.18. The summed E-state index contributed by atoms with van der Waals surface area (Å²) in [6.07, 6.45) is 2.36. The van der Waals surface area contributed by atoms with Gasteiger partial charge in [0.05, 0.1) is 5.56 Å². The highest BCUT2D eigenvalue weighted by Gasteiger charge is 2.33. The van der Waals surface area contributed by atoms with Crippen LogP contribution in [0.4, 0.5) is 4.39 Å². The average molecular weight is 330 g/mol. The van der Waals surface area contributed by atoms with Crippen LogP contribution >= 0.6 is 15.9 Å². The second-order valence-electron chi connectivity index (χ2n) is 4.82. The largest absolute Gasteiger partial charge is 0.381 e. The number of carbonyl (C=O) groups is 1. The fraction of sp³-hybridized carbons (Fsp3) is 0.500. The van der Waals surface area contributed by atoms with Crippen molar-refractivity contribution in [2.45, 2.75) is 31.7 Å². The fourth-order valence-corrected chi connectivity index (χ4v) is 2.64. The molecule has 0 aromatic heterocycles. The number of ether oxygens (including phenoxy) is 1. The average Bonchev–Trinajstić information content (AvgIpc) is 2.39. The van der Waals surface area contributed by atoms with Crippen molar-refractivity contribution >= 4 is 21.8 Å². The summed E-state index contributed by atoms with van der Waals surface area (Å²) in [6.45, 7) is 3.30. The number of nitrogens with one attached hydrogen (secondary N) is 1. The molecule has 5 heteroatoms. The molecule has 1 fully saturated rings. The van der Waals surface area contributed by atoms with Crippen molar-refractivity contribution in [3.05, 3.63) is 34.1 Å². The van der Waals surface area contributed by atoms with Crippen LogP contribution in [0.25, 0.3) is 0 Å². The third-order valence-electron chi connectivity index (χ3n) is 3.68. The summed E-state index contributed by atoms with van der Waals surface area (Å²) in [5.74, 6) is -0.862. The Bertz CT molecular complexity index is 473. The van der Waals surface area contributed by atoms with Crippen molar-refractivity contribution in [1.29, 1.82) is 0 Å². The van der Waals surface area contributed by atoms with E-state index in [1.807, 2.05) is 6.92 Å². The normalized spacial score (nSPS) is 18.1. The number of hydrogen-bond donors (Lipinski definition) is 1. The smallest absolute Gasteiger partial charge is 0.254 e.